The van der Waals surface area contributed by atoms with Crippen molar-refractivity contribution in [3.8, 4) is 0 Å². The number of aliphatic hydroxyl groups excluding tert-OH is 1. The van der Waals surface area contributed by atoms with Gasteiger partial charge in [0.15, 0.2) is 0 Å². The van der Waals surface area contributed by atoms with E-state index < -0.39 is 23.4 Å². The third-order valence-electron chi connectivity index (χ3n) is 2.01. The summed E-state index contributed by atoms with van der Waals surface area (Å²) in [6.07, 6.45) is 0.0251. The van der Waals surface area contributed by atoms with E-state index in [0.717, 1.165) is 11.8 Å². The van der Waals surface area contributed by atoms with Gasteiger partial charge in [-0.1, -0.05) is 6.92 Å². The zero-order valence-corrected chi connectivity index (χ0v) is 10.8. The maximum atomic E-state index is 11.1. The van der Waals surface area contributed by atoms with Crippen molar-refractivity contribution in [2.45, 2.75) is 37.7 Å². The third-order valence-corrected chi connectivity index (χ3v) is 3.16. The molecular weight excluding hydrogens is 262 g/mol. The Morgan fingerprint density at radius 3 is 2.33 bits per heavy atom. The van der Waals surface area contributed by atoms with Crippen molar-refractivity contribution in [3.05, 3.63) is 0 Å². The van der Waals surface area contributed by atoms with E-state index in [1.54, 1.807) is 6.92 Å². The van der Waals surface area contributed by atoms with Crippen LogP contribution in [0.25, 0.3) is 0 Å². The topological polar surface area (TPSA) is 124 Å². The number of carboxylic acid groups (broad SMARTS) is 2. The smallest absolute Gasteiger partial charge is 0.327 e. The Morgan fingerprint density at radius 1 is 1.28 bits per heavy atom. The monoisotopic (exact) mass is 279 g/mol. The van der Waals surface area contributed by atoms with Crippen molar-refractivity contribution in [1.82, 2.24) is 5.32 Å². The number of aliphatic hydroxyl groups is 1. The Kier molecular flexibility index (Phi) is 8.14. The van der Waals surface area contributed by atoms with E-state index in [2.05, 4.69) is 5.32 Å². The number of hydrogen-bond donors (Lipinski definition) is 4. The summed E-state index contributed by atoms with van der Waals surface area (Å²) < 4.78 is 0. The van der Waals surface area contributed by atoms with Crippen LogP contribution < -0.4 is 5.32 Å². The molecule has 0 aliphatic heterocycles. The maximum Gasteiger partial charge on any atom is 0.327 e. The molecule has 0 rings (SSSR count). The van der Waals surface area contributed by atoms with Crippen molar-refractivity contribution in [3.63, 3.8) is 0 Å². The Bertz CT molecular complexity index is 309. The van der Waals surface area contributed by atoms with Crippen LogP contribution >= 0.6 is 11.8 Å². The zero-order chi connectivity index (χ0) is 14.1. The molecule has 1 unspecified atom stereocenters. The van der Waals surface area contributed by atoms with Crippen molar-refractivity contribution in [2.24, 2.45) is 0 Å². The quantitative estimate of drug-likeness (QED) is 0.434. The van der Waals surface area contributed by atoms with Crippen LogP contribution in [0.1, 0.15) is 26.2 Å². The summed E-state index contributed by atoms with van der Waals surface area (Å²) in [5.74, 6) is -2.61. The highest BCUT2D eigenvalue weighted by molar-refractivity contribution is 7.99. The molecule has 8 heteroatoms. The lowest BCUT2D eigenvalue weighted by molar-refractivity contribution is -0.141. The normalized spacial score (nSPS) is 13.7. The summed E-state index contributed by atoms with van der Waals surface area (Å²) in [5.41, 5.74) is -0.957. The van der Waals surface area contributed by atoms with Crippen LogP contribution in [-0.4, -0.2) is 50.4 Å². The highest BCUT2D eigenvalue weighted by Gasteiger charge is 2.21. The van der Waals surface area contributed by atoms with Crippen LogP contribution in [0.2, 0.25) is 0 Å². The lowest BCUT2D eigenvalue weighted by Gasteiger charge is -2.15. The Hall–Kier alpha value is -1.28. The number of carbonyl (C=O) groups is 3. The van der Waals surface area contributed by atoms with Crippen LogP contribution in [0.4, 0.5) is 0 Å². The second-order valence-corrected chi connectivity index (χ2v) is 4.74. The molecule has 0 aromatic heterocycles. The molecule has 0 fully saturated rings. The summed E-state index contributed by atoms with van der Waals surface area (Å²) in [5, 5.41) is 29.0. The molecule has 0 radical (unpaired) electrons. The average Bonchev–Trinajstić information content (AvgIpc) is 2.30. The third kappa shape index (κ3) is 7.91. The molecule has 0 heterocycles. The van der Waals surface area contributed by atoms with E-state index in [-0.39, 0.29) is 30.9 Å². The lowest BCUT2D eigenvalue weighted by atomic mass is 10.3. The molecule has 0 bridgehead atoms. The highest BCUT2D eigenvalue weighted by Crippen LogP contribution is 2.15. The van der Waals surface area contributed by atoms with Gasteiger partial charge in [0.2, 0.25) is 5.91 Å². The van der Waals surface area contributed by atoms with E-state index in [1.165, 1.54) is 0 Å². The fourth-order valence-electron chi connectivity index (χ4n) is 1.01. The molecule has 4 N–H and O–H groups in total. The number of amides is 1. The van der Waals surface area contributed by atoms with Crippen LogP contribution in [0, 0.1) is 0 Å². The molecule has 0 aliphatic carbocycles. The first-order valence-electron chi connectivity index (χ1n) is 5.40. The molecule has 1 amide bonds. The molecule has 7 nitrogen and oxygen atoms in total. The maximum absolute atomic E-state index is 11.1. The minimum Gasteiger partial charge on any atom is -0.481 e. The van der Waals surface area contributed by atoms with Gasteiger partial charge in [-0.25, -0.2) is 4.79 Å². The highest BCUT2D eigenvalue weighted by atomic mass is 32.2. The largest absolute Gasteiger partial charge is 0.481 e. The molecule has 0 saturated heterocycles. The van der Waals surface area contributed by atoms with Crippen LogP contribution in [0.15, 0.2) is 0 Å². The predicted octanol–water partition coefficient (Wildman–Crippen LogP) is -0.118. The van der Waals surface area contributed by atoms with E-state index in [9.17, 15) is 19.5 Å². The zero-order valence-electron chi connectivity index (χ0n) is 9.96. The Labute approximate surface area is 109 Å². The predicted molar refractivity (Wildman–Crippen MR) is 65.2 cm³/mol. The average molecular weight is 279 g/mol. The number of rotatable bonds is 9. The van der Waals surface area contributed by atoms with Gasteiger partial charge in [0.1, 0.15) is 6.04 Å². The standard InChI is InChI=1S/C10H17NO6S/c1-2-7(12)11-6(10(16)17)5-18-9(15)4-3-8(13)14/h6,9,15H,2-5H2,1H3,(H,11,12)(H,13,14)(H,16,17)/t6?,9-/m1/s1. The van der Waals surface area contributed by atoms with E-state index in [0.29, 0.717) is 0 Å². The first kappa shape index (κ1) is 16.7. The molecule has 0 saturated carbocycles. The molecule has 0 spiro atoms. The lowest BCUT2D eigenvalue weighted by Crippen LogP contribution is -2.42. The first-order valence-corrected chi connectivity index (χ1v) is 6.45. The van der Waals surface area contributed by atoms with E-state index in [4.69, 9.17) is 10.2 Å². The number of carbonyl (C=O) groups excluding carboxylic acids is 1. The molecule has 0 aromatic carbocycles. The number of hydrogen-bond acceptors (Lipinski definition) is 5. The first-order chi connectivity index (χ1) is 8.36. The Morgan fingerprint density at radius 2 is 1.89 bits per heavy atom. The molecule has 18 heavy (non-hydrogen) atoms. The number of thioether (sulfide) groups is 1. The second-order valence-electron chi connectivity index (χ2n) is 3.53. The number of nitrogens with one attached hydrogen (secondary N) is 1. The number of carboxylic acids is 2. The van der Waals surface area contributed by atoms with E-state index in [1.807, 2.05) is 0 Å². The SMILES string of the molecule is CCC(=O)NC(CS[C@@H](O)CCC(=O)O)C(=O)O. The second kappa shape index (κ2) is 8.76. The van der Waals surface area contributed by atoms with Crippen molar-refractivity contribution < 1.29 is 29.7 Å². The van der Waals surface area contributed by atoms with Crippen molar-refractivity contribution >= 4 is 29.6 Å². The van der Waals surface area contributed by atoms with Gasteiger partial charge in [0.25, 0.3) is 0 Å². The van der Waals surface area contributed by atoms with Crippen LogP contribution in [0.3, 0.4) is 0 Å². The van der Waals surface area contributed by atoms with Gasteiger partial charge in [-0.15, -0.1) is 11.8 Å². The molecule has 104 valence electrons. The fourth-order valence-corrected chi connectivity index (χ4v) is 1.93. The van der Waals surface area contributed by atoms with Crippen molar-refractivity contribution in [1.29, 1.82) is 0 Å². The summed E-state index contributed by atoms with van der Waals surface area (Å²) in [7, 11) is 0. The minimum atomic E-state index is -1.19. The van der Waals surface area contributed by atoms with Gasteiger partial charge in [-0.3, -0.25) is 9.59 Å². The Balaban J connectivity index is 4.06. The van der Waals surface area contributed by atoms with Gasteiger partial charge >= 0.3 is 11.9 Å². The van der Waals surface area contributed by atoms with Crippen LogP contribution in [0.5, 0.6) is 0 Å². The minimum absolute atomic E-state index is 0.0120. The van der Waals surface area contributed by atoms with Crippen LogP contribution in [-0.2, 0) is 14.4 Å². The molecule has 0 aliphatic rings. The summed E-state index contributed by atoms with van der Waals surface area (Å²) in [4.78, 5) is 32.2. The molecule has 0 aromatic rings. The van der Waals surface area contributed by atoms with Gasteiger partial charge in [-0.05, 0) is 6.42 Å². The summed E-state index contributed by atoms with van der Waals surface area (Å²) in [6, 6.07) is -1.08. The molecular formula is C10H17NO6S. The van der Waals surface area contributed by atoms with Crippen molar-refractivity contribution in [2.75, 3.05) is 5.75 Å². The summed E-state index contributed by atoms with van der Waals surface area (Å²) in [6.45, 7) is 1.60. The van der Waals surface area contributed by atoms with E-state index >= 15 is 0 Å². The fraction of sp³-hybridized carbons (Fsp3) is 0.700. The summed E-state index contributed by atoms with van der Waals surface area (Å²) >= 11 is 0.904. The van der Waals surface area contributed by atoms with Gasteiger partial charge in [-0.2, -0.15) is 0 Å². The van der Waals surface area contributed by atoms with Gasteiger partial charge in [0.05, 0.1) is 5.44 Å². The molecule has 2 atom stereocenters. The van der Waals surface area contributed by atoms with Gasteiger partial charge < -0.3 is 20.6 Å². The van der Waals surface area contributed by atoms with Gasteiger partial charge in [0, 0.05) is 18.6 Å². The number of aliphatic carboxylic acids is 2.